The Morgan fingerprint density at radius 1 is 0.897 bits per heavy atom. The highest BCUT2D eigenvalue weighted by Crippen LogP contribution is 2.29. The van der Waals surface area contributed by atoms with Gasteiger partial charge in [-0.25, -0.2) is 0 Å². The maximum atomic E-state index is 11.2. The molecular weight excluding hydrogens is 372 g/mol. The third-order valence-electron chi connectivity index (χ3n) is 4.63. The Kier molecular flexibility index (Phi) is 6.47. The predicted octanol–water partition coefficient (Wildman–Crippen LogP) is 5.48. The van der Waals surface area contributed by atoms with Crippen molar-refractivity contribution in [1.82, 2.24) is 0 Å². The number of nitrogens with one attached hydrogen (secondary N) is 1. The van der Waals surface area contributed by atoms with Crippen molar-refractivity contribution in [3.8, 4) is 0 Å². The normalized spacial score (nSPS) is 14.5. The van der Waals surface area contributed by atoms with Gasteiger partial charge in [-0.3, -0.25) is 25.7 Å². The molecule has 8 heteroatoms. The minimum absolute atomic E-state index is 0.106. The van der Waals surface area contributed by atoms with E-state index >= 15 is 0 Å². The largest absolute Gasteiger partial charge is 0.301 e. The van der Waals surface area contributed by atoms with E-state index in [2.05, 4.69) is 22.7 Å². The van der Waals surface area contributed by atoms with Crippen molar-refractivity contribution >= 4 is 29.4 Å². The lowest BCUT2D eigenvalue weighted by molar-refractivity contribution is -0.393. The minimum Gasteiger partial charge on any atom is -0.272 e. The summed E-state index contributed by atoms with van der Waals surface area (Å²) in [5, 5.41) is 26.2. The topological polar surface area (TPSA) is 111 Å². The SMILES string of the molecule is O=[N+]([O-])c1ccc(NN=CC2=C(C=Cc3ccccc3)CCCC2)c([N+](=O)[O-])c1. The van der Waals surface area contributed by atoms with Crippen molar-refractivity contribution in [2.75, 3.05) is 5.43 Å². The molecule has 0 saturated heterocycles. The first kappa shape index (κ1) is 19.9. The van der Waals surface area contributed by atoms with Gasteiger partial charge in [-0.1, -0.05) is 42.5 Å². The Bertz CT molecular complexity index is 997. The average Bonchev–Trinajstić information content (AvgIpc) is 2.73. The van der Waals surface area contributed by atoms with Gasteiger partial charge in [0.1, 0.15) is 5.69 Å². The zero-order valence-corrected chi connectivity index (χ0v) is 15.7. The van der Waals surface area contributed by atoms with Gasteiger partial charge in [0.15, 0.2) is 0 Å². The van der Waals surface area contributed by atoms with Crippen LogP contribution < -0.4 is 5.43 Å². The Morgan fingerprint density at radius 2 is 1.62 bits per heavy atom. The van der Waals surface area contributed by atoms with Gasteiger partial charge in [0.25, 0.3) is 5.69 Å². The van der Waals surface area contributed by atoms with Crippen LogP contribution in [0.25, 0.3) is 6.08 Å². The molecule has 1 N–H and O–H groups in total. The number of nitrogens with zero attached hydrogens (tertiary/aromatic N) is 3. The number of hydrazone groups is 1. The van der Waals surface area contributed by atoms with Crippen LogP contribution in [0.2, 0.25) is 0 Å². The monoisotopic (exact) mass is 392 g/mol. The van der Waals surface area contributed by atoms with Crippen molar-refractivity contribution in [2.24, 2.45) is 5.10 Å². The number of benzene rings is 2. The van der Waals surface area contributed by atoms with Gasteiger partial charge in [-0.2, -0.15) is 5.10 Å². The molecule has 29 heavy (non-hydrogen) atoms. The van der Waals surface area contributed by atoms with Gasteiger partial charge in [0.2, 0.25) is 0 Å². The van der Waals surface area contributed by atoms with E-state index in [0.29, 0.717) is 0 Å². The number of anilines is 1. The highest BCUT2D eigenvalue weighted by Gasteiger charge is 2.19. The first-order valence-corrected chi connectivity index (χ1v) is 9.21. The molecule has 0 saturated carbocycles. The fraction of sp³-hybridized carbons (Fsp3) is 0.190. The average molecular weight is 392 g/mol. The molecule has 148 valence electrons. The summed E-state index contributed by atoms with van der Waals surface area (Å²) in [7, 11) is 0. The summed E-state index contributed by atoms with van der Waals surface area (Å²) in [6.07, 6.45) is 9.81. The molecule has 0 fully saturated rings. The molecule has 0 heterocycles. The molecule has 0 amide bonds. The van der Waals surface area contributed by atoms with E-state index in [1.807, 2.05) is 30.3 Å². The maximum Gasteiger partial charge on any atom is 0.301 e. The highest BCUT2D eigenvalue weighted by molar-refractivity contribution is 5.82. The third kappa shape index (κ3) is 5.35. The van der Waals surface area contributed by atoms with E-state index in [1.165, 1.54) is 17.7 Å². The first-order chi connectivity index (χ1) is 14.0. The number of non-ortho nitro benzene ring substituents is 1. The molecule has 1 aliphatic carbocycles. The second-order valence-corrected chi connectivity index (χ2v) is 6.59. The second kappa shape index (κ2) is 9.41. The highest BCUT2D eigenvalue weighted by atomic mass is 16.6. The van der Waals surface area contributed by atoms with Crippen molar-refractivity contribution in [1.29, 1.82) is 0 Å². The molecule has 0 atom stereocenters. The Balaban J connectivity index is 1.79. The van der Waals surface area contributed by atoms with Crippen LogP contribution in [0.1, 0.15) is 31.2 Å². The molecule has 1 aliphatic rings. The third-order valence-corrected chi connectivity index (χ3v) is 4.63. The molecular formula is C21H20N4O4. The second-order valence-electron chi connectivity index (χ2n) is 6.59. The van der Waals surface area contributed by atoms with E-state index in [-0.39, 0.29) is 11.4 Å². The molecule has 2 aromatic rings. The predicted molar refractivity (Wildman–Crippen MR) is 113 cm³/mol. The molecule has 0 bridgehead atoms. The van der Waals surface area contributed by atoms with Crippen LogP contribution in [0, 0.1) is 20.2 Å². The summed E-state index contributed by atoms with van der Waals surface area (Å²) in [4.78, 5) is 20.7. The first-order valence-electron chi connectivity index (χ1n) is 9.21. The van der Waals surface area contributed by atoms with Crippen LogP contribution in [-0.2, 0) is 0 Å². The van der Waals surface area contributed by atoms with Crippen LogP contribution in [0.3, 0.4) is 0 Å². The molecule has 2 aromatic carbocycles. The summed E-state index contributed by atoms with van der Waals surface area (Å²) in [6, 6.07) is 13.4. The molecule has 0 aromatic heterocycles. The summed E-state index contributed by atoms with van der Waals surface area (Å²) in [5.41, 5.74) is 5.39. The smallest absolute Gasteiger partial charge is 0.272 e. The van der Waals surface area contributed by atoms with E-state index in [0.717, 1.165) is 42.9 Å². The number of allylic oxidation sites excluding steroid dienone is 3. The van der Waals surface area contributed by atoms with Gasteiger partial charge in [-0.15, -0.1) is 0 Å². The van der Waals surface area contributed by atoms with Crippen LogP contribution in [0.5, 0.6) is 0 Å². The van der Waals surface area contributed by atoms with Crippen LogP contribution in [0.15, 0.2) is 70.9 Å². The molecule has 0 spiro atoms. The Labute approximate surface area is 167 Å². The number of rotatable bonds is 7. The van der Waals surface area contributed by atoms with Crippen molar-refractivity contribution in [3.63, 3.8) is 0 Å². The lowest BCUT2D eigenvalue weighted by Gasteiger charge is -2.15. The number of nitro groups is 2. The number of nitro benzene ring substituents is 2. The summed E-state index contributed by atoms with van der Waals surface area (Å²) >= 11 is 0. The zero-order valence-electron chi connectivity index (χ0n) is 15.7. The standard InChI is InChI=1S/C21H20N4O4/c26-24(27)19-12-13-20(21(14-19)25(28)29)23-22-15-18-9-5-4-8-17(18)11-10-16-6-2-1-3-7-16/h1-3,6-7,10-15,23H,4-5,8-9H2. The summed E-state index contributed by atoms with van der Waals surface area (Å²) in [6.45, 7) is 0. The maximum absolute atomic E-state index is 11.2. The fourth-order valence-electron chi connectivity index (χ4n) is 3.11. The molecule has 0 radical (unpaired) electrons. The molecule has 8 nitrogen and oxygen atoms in total. The summed E-state index contributed by atoms with van der Waals surface area (Å²) < 4.78 is 0. The van der Waals surface area contributed by atoms with Crippen molar-refractivity contribution in [3.05, 3.63) is 91.5 Å². The Morgan fingerprint density at radius 3 is 2.31 bits per heavy atom. The van der Waals surface area contributed by atoms with Crippen molar-refractivity contribution in [2.45, 2.75) is 25.7 Å². The van der Waals surface area contributed by atoms with Gasteiger partial charge >= 0.3 is 5.69 Å². The van der Waals surface area contributed by atoms with Gasteiger partial charge in [0, 0.05) is 6.07 Å². The van der Waals surface area contributed by atoms with Crippen LogP contribution in [-0.4, -0.2) is 16.1 Å². The van der Waals surface area contributed by atoms with E-state index in [9.17, 15) is 20.2 Å². The van der Waals surface area contributed by atoms with Crippen LogP contribution >= 0.6 is 0 Å². The van der Waals surface area contributed by atoms with Gasteiger partial charge in [0.05, 0.1) is 22.1 Å². The van der Waals surface area contributed by atoms with E-state index < -0.39 is 15.5 Å². The molecule has 0 unspecified atom stereocenters. The lowest BCUT2D eigenvalue weighted by atomic mass is 9.92. The number of hydrogen-bond donors (Lipinski definition) is 1. The fourth-order valence-corrected chi connectivity index (χ4v) is 3.11. The van der Waals surface area contributed by atoms with Gasteiger partial charge in [-0.05, 0) is 48.5 Å². The summed E-state index contributed by atoms with van der Waals surface area (Å²) in [5.74, 6) is 0. The van der Waals surface area contributed by atoms with Crippen LogP contribution in [0.4, 0.5) is 17.1 Å². The van der Waals surface area contributed by atoms with Crippen molar-refractivity contribution < 1.29 is 9.85 Å². The quantitative estimate of drug-likeness (QED) is 0.381. The minimum atomic E-state index is -0.668. The zero-order chi connectivity index (χ0) is 20.6. The molecule has 0 aliphatic heterocycles. The molecule has 3 rings (SSSR count). The number of hydrogen-bond acceptors (Lipinski definition) is 6. The Hall–Kier alpha value is -3.81. The van der Waals surface area contributed by atoms with E-state index in [1.54, 1.807) is 6.21 Å². The van der Waals surface area contributed by atoms with E-state index in [4.69, 9.17) is 0 Å². The lowest BCUT2D eigenvalue weighted by Crippen LogP contribution is -2.02. The van der Waals surface area contributed by atoms with Gasteiger partial charge < -0.3 is 0 Å².